The van der Waals surface area contributed by atoms with Gasteiger partial charge in [-0.1, -0.05) is 30.3 Å². The molecule has 0 spiro atoms. The molecule has 1 saturated heterocycles. The average molecular weight is 439 g/mol. The van der Waals surface area contributed by atoms with Crippen molar-refractivity contribution in [2.45, 2.75) is 30.7 Å². The number of carbonyl (C=O) groups excluding carboxylic acids is 1. The maximum absolute atomic E-state index is 12.6. The van der Waals surface area contributed by atoms with Gasteiger partial charge in [-0.25, -0.2) is 21.6 Å². The molecule has 1 aliphatic heterocycles. The standard InChI is InChI=1S/C19H22N2O6S2/c1-27-19(22)15-7-8-16(20-12-15)13-21(28(23)24)17-9-10-29(25,26)18(11-17)14-5-3-2-4-6-14/h2-8,12,17-18,28H,9-11,13H2,1H3. The minimum atomic E-state index is -3.35. The summed E-state index contributed by atoms with van der Waals surface area (Å²) in [5, 5.41) is -0.741. The van der Waals surface area contributed by atoms with Crippen molar-refractivity contribution in [2.24, 2.45) is 0 Å². The van der Waals surface area contributed by atoms with Gasteiger partial charge >= 0.3 is 5.97 Å². The van der Waals surface area contributed by atoms with Crippen LogP contribution in [0.5, 0.6) is 0 Å². The number of hydrogen-bond acceptors (Lipinski definition) is 7. The van der Waals surface area contributed by atoms with E-state index in [0.29, 0.717) is 11.3 Å². The highest BCUT2D eigenvalue weighted by Crippen LogP contribution is 2.35. The minimum absolute atomic E-state index is 0.00633. The molecule has 10 heteroatoms. The zero-order chi connectivity index (χ0) is 21.0. The minimum Gasteiger partial charge on any atom is -0.465 e. The lowest BCUT2D eigenvalue weighted by Crippen LogP contribution is -2.41. The Kier molecular flexibility index (Phi) is 6.66. The lowest BCUT2D eigenvalue weighted by Gasteiger charge is -2.34. The van der Waals surface area contributed by atoms with Crippen molar-refractivity contribution in [3.05, 3.63) is 65.5 Å². The molecule has 1 aromatic heterocycles. The molecule has 156 valence electrons. The Morgan fingerprint density at radius 1 is 1.21 bits per heavy atom. The van der Waals surface area contributed by atoms with Gasteiger partial charge in [0.2, 0.25) is 10.9 Å². The Labute approximate surface area is 171 Å². The van der Waals surface area contributed by atoms with Gasteiger partial charge in [0.05, 0.1) is 35.9 Å². The molecule has 0 saturated carbocycles. The average Bonchev–Trinajstić information content (AvgIpc) is 2.72. The third-order valence-electron chi connectivity index (χ3n) is 5.03. The smallest absolute Gasteiger partial charge is 0.339 e. The van der Waals surface area contributed by atoms with Crippen LogP contribution in [0, 0.1) is 0 Å². The molecule has 29 heavy (non-hydrogen) atoms. The van der Waals surface area contributed by atoms with Gasteiger partial charge in [-0.2, -0.15) is 4.31 Å². The highest BCUT2D eigenvalue weighted by atomic mass is 32.2. The van der Waals surface area contributed by atoms with Gasteiger partial charge in [-0.15, -0.1) is 0 Å². The van der Waals surface area contributed by atoms with Crippen LogP contribution in [0.4, 0.5) is 0 Å². The first-order valence-corrected chi connectivity index (χ1v) is 11.9. The van der Waals surface area contributed by atoms with E-state index in [1.54, 1.807) is 36.4 Å². The molecular formula is C19H22N2O6S2. The van der Waals surface area contributed by atoms with E-state index in [1.165, 1.54) is 23.7 Å². The summed E-state index contributed by atoms with van der Waals surface area (Å²) in [5.41, 5.74) is 1.39. The SMILES string of the molecule is COC(=O)c1ccc(CN(C2CCS(=O)(=O)C(c3ccccc3)C2)[SH](=O)=O)nc1. The van der Waals surface area contributed by atoms with Crippen molar-refractivity contribution in [1.29, 1.82) is 0 Å². The molecule has 0 aliphatic carbocycles. The van der Waals surface area contributed by atoms with Gasteiger partial charge in [0.25, 0.3) is 0 Å². The van der Waals surface area contributed by atoms with E-state index < -0.39 is 38.0 Å². The van der Waals surface area contributed by atoms with Crippen LogP contribution in [-0.2, 0) is 32.0 Å². The summed E-state index contributed by atoms with van der Waals surface area (Å²) in [5.74, 6) is -0.606. The van der Waals surface area contributed by atoms with Crippen molar-refractivity contribution in [3.63, 3.8) is 0 Å². The predicted octanol–water partition coefficient (Wildman–Crippen LogP) is 1.52. The number of carbonyl (C=O) groups is 1. The number of rotatable bonds is 6. The van der Waals surface area contributed by atoms with Crippen molar-refractivity contribution < 1.29 is 26.4 Å². The van der Waals surface area contributed by atoms with Crippen LogP contribution in [0.1, 0.15) is 39.7 Å². The second kappa shape index (κ2) is 9.02. The molecular weight excluding hydrogens is 416 g/mol. The molecule has 2 unspecified atom stereocenters. The molecule has 2 heterocycles. The highest BCUT2D eigenvalue weighted by Gasteiger charge is 2.38. The Hall–Kier alpha value is -2.30. The fraction of sp³-hybridized carbons (Fsp3) is 0.368. The summed E-state index contributed by atoms with van der Waals surface area (Å²) in [7, 11) is -5.03. The van der Waals surface area contributed by atoms with E-state index in [1.807, 2.05) is 0 Å². The number of benzene rings is 1. The quantitative estimate of drug-likeness (QED) is 0.538. The van der Waals surface area contributed by atoms with Crippen molar-refractivity contribution in [1.82, 2.24) is 9.29 Å². The second-order valence-electron chi connectivity index (χ2n) is 6.81. The fourth-order valence-electron chi connectivity index (χ4n) is 3.48. The van der Waals surface area contributed by atoms with Gasteiger partial charge in [0, 0.05) is 12.2 Å². The number of pyridine rings is 1. The van der Waals surface area contributed by atoms with Gasteiger partial charge in [0.15, 0.2) is 9.84 Å². The first-order chi connectivity index (χ1) is 13.8. The molecule has 0 bridgehead atoms. The number of methoxy groups -OCH3 is 1. The number of sulfone groups is 1. The number of thiol groups is 1. The molecule has 3 rings (SSSR count). The summed E-state index contributed by atoms with van der Waals surface area (Å²) in [6.45, 7) is 0.00633. The third-order valence-corrected chi connectivity index (χ3v) is 8.05. The molecule has 1 fully saturated rings. The molecule has 2 atom stereocenters. The normalized spacial score (nSPS) is 21.2. The Balaban J connectivity index is 1.81. The van der Waals surface area contributed by atoms with Crippen LogP contribution < -0.4 is 0 Å². The van der Waals surface area contributed by atoms with Crippen LogP contribution in [0.15, 0.2) is 48.7 Å². The maximum Gasteiger partial charge on any atom is 0.339 e. The first kappa shape index (κ1) is 21.4. The number of hydrogen-bond donors (Lipinski definition) is 1. The largest absolute Gasteiger partial charge is 0.465 e. The van der Waals surface area contributed by atoms with E-state index >= 15 is 0 Å². The van der Waals surface area contributed by atoms with Gasteiger partial charge < -0.3 is 4.74 Å². The predicted molar refractivity (Wildman–Crippen MR) is 107 cm³/mol. The topological polar surface area (TPSA) is 111 Å². The molecule has 0 N–H and O–H groups in total. The molecule has 0 radical (unpaired) electrons. The van der Waals surface area contributed by atoms with E-state index in [2.05, 4.69) is 9.72 Å². The lowest BCUT2D eigenvalue weighted by atomic mass is 10.0. The monoisotopic (exact) mass is 438 g/mol. The summed E-state index contributed by atoms with van der Waals surface area (Å²) < 4.78 is 54.9. The van der Waals surface area contributed by atoms with Crippen LogP contribution in [0.2, 0.25) is 0 Å². The Morgan fingerprint density at radius 3 is 2.52 bits per heavy atom. The Bertz CT molecular complexity index is 1030. The third kappa shape index (κ3) is 5.01. The highest BCUT2D eigenvalue weighted by molar-refractivity contribution is 7.91. The van der Waals surface area contributed by atoms with E-state index in [4.69, 9.17) is 0 Å². The zero-order valence-electron chi connectivity index (χ0n) is 15.8. The van der Waals surface area contributed by atoms with Crippen molar-refractivity contribution in [2.75, 3.05) is 12.9 Å². The number of esters is 1. The van der Waals surface area contributed by atoms with Gasteiger partial charge in [-0.05, 0) is 30.5 Å². The lowest BCUT2D eigenvalue weighted by molar-refractivity contribution is 0.0600. The van der Waals surface area contributed by atoms with Crippen molar-refractivity contribution in [3.8, 4) is 0 Å². The Morgan fingerprint density at radius 2 is 1.93 bits per heavy atom. The molecule has 1 aromatic carbocycles. The molecule has 2 aromatic rings. The summed E-state index contributed by atoms with van der Waals surface area (Å²) in [6, 6.07) is 11.5. The first-order valence-electron chi connectivity index (χ1n) is 9.02. The summed E-state index contributed by atoms with van der Waals surface area (Å²) in [4.78, 5) is 15.7. The van der Waals surface area contributed by atoms with E-state index in [-0.39, 0.29) is 30.7 Å². The van der Waals surface area contributed by atoms with Crippen LogP contribution in [0.3, 0.4) is 0 Å². The van der Waals surface area contributed by atoms with Gasteiger partial charge in [-0.3, -0.25) is 4.98 Å². The number of aromatic nitrogens is 1. The van der Waals surface area contributed by atoms with E-state index in [9.17, 15) is 21.6 Å². The summed E-state index contributed by atoms with van der Waals surface area (Å²) in [6.07, 6.45) is 1.75. The van der Waals surface area contributed by atoms with Crippen LogP contribution in [0.25, 0.3) is 0 Å². The van der Waals surface area contributed by atoms with Gasteiger partial charge in [0.1, 0.15) is 0 Å². The van der Waals surface area contributed by atoms with E-state index in [0.717, 1.165) is 0 Å². The second-order valence-corrected chi connectivity index (χ2v) is 10.1. The van der Waals surface area contributed by atoms with Crippen LogP contribution >= 0.6 is 0 Å². The summed E-state index contributed by atoms with van der Waals surface area (Å²) >= 11 is 0. The van der Waals surface area contributed by atoms with Crippen LogP contribution in [-0.4, -0.2) is 51.0 Å². The molecule has 1 aliphatic rings. The zero-order valence-corrected chi connectivity index (χ0v) is 17.5. The number of ether oxygens (including phenoxy) is 1. The molecule has 0 amide bonds. The molecule has 8 nitrogen and oxygen atoms in total. The van der Waals surface area contributed by atoms with Crippen molar-refractivity contribution >= 4 is 26.7 Å². The fourth-order valence-corrected chi connectivity index (χ4v) is 6.19. The maximum atomic E-state index is 12.6. The number of nitrogens with zero attached hydrogens (tertiary/aromatic N) is 2.